The standard InChI is InChI=1S/C24H23Cl2NO5/c1-2-31-16-9-10-19(26)18(12-16)22(28)20-21(14-5-7-15(25)8-6-14)27(24(30)23(20)29)13-17-4-3-11-32-17/h5-10,12,17,21,28H,2-4,11,13H2,1H3/b22-20+. The van der Waals surface area contributed by atoms with Crippen LogP contribution in [0.5, 0.6) is 5.75 Å². The number of hydrogen-bond donors (Lipinski definition) is 1. The highest BCUT2D eigenvalue weighted by molar-refractivity contribution is 6.47. The van der Waals surface area contributed by atoms with E-state index in [4.69, 9.17) is 32.7 Å². The van der Waals surface area contributed by atoms with Crippen molar-refractivity contribution in [2.75, 3.05) is 19.8 Å². The van der Waals surface area contributed by atoms with Crippen LogP contribution in [0.4, 0.5) is 0 Å². The molecule has 0 radical (unpaired) electrons. The molecule has 8 heteroatoms. The molecule has 2 heterocycles. The lowest BCUT2D eigenvalue weighted by molar-refractivity contribution is -0.140. The number of amides is 1. The van der Waals surface area contributed by atoms with E-state index in [2.05, 4.69) is 0 Å². The van der Waals surface area contributed by atoms with E-state index in [0.29, 0.717) is 29.5 Å². The Bertz CT molecular complexity index is 1060. The molecule has 2 saturated heterocycles. The molecule has 4 rings (SSSR count). The van der Waals surface area contributed by atoms with E-state index in [1.165, 1.54) is 4.90 Å². The van der Waals surface area contributed by atoms with E-state index in [-0.39, 0.29) is 34.6 Å². The summed E-state index contributed by atoms with van der Waals surface area (Å²) >= 11 is 12.4. The van der Waals surface area contributed by atoms with Gasteiger partial charge >= 0.3 is 0 Å². The van der Waals surface area contributed by atoms with Crippen molar-refractivity contribution in [3.05, 3.63) is 69.2 Å². The van der Waals surface area contributed by atoms with Gasteiger partial charge in [-0.25, -0.2) is 0 Å². The van der Waals surface area contributed by atoms with Crippen molar-refractivity contribution in [3.63, 3.8) is 0 Å². The largest absolute Gasteiger partial charge is 0.507 e. The van der Waals surface area contributed by atoms with Crippen LogP contribution in [0, 0.1) is 0 Å². The van der Waals surface area contributed by atoms with Gasteiger partial charge in [0.2, 0.25) is 0 Å². The second-order valence-electron chi connectivity index (χ2n) is 7.71. The molecule has 2 fully saturated rings. The van der Waals surface area contributed by atoms with E-state index in [9.17, 15) is 14.7 Å². The van der Waals surface area contributed by atoms with Crippen LogP contribution in [0.3, 0.4) is 0 Å². The van der Waals surface area contributed by atoms with Crippen LogP contribution >= 0.6 is 23.2 Å². The monoisotopic (exact) mass is 475 g/mol. The molecule has 168 valence electrons. The van der Waals surface area contributed by atoms with E-state index in [0.717, 1.165) is 12.8 Å². The molecule has 1 amide bonds. The molecule has 2 aromatic carbocycles. The van der Waals surface area contributed by atoms with Gasteiger partial charge in [-0.3, -0.25) is 9.59 Å². The minimum absolute atomic E-state index is 0.0223. The lowest BCUT2D eigenvalue weighted by Crippen LogP contribution is -2.36. The summed E-state index contributed by atoms with van der Waals surface area (Å²) in [4.78, 5) is 27.6. The first-order valence-electron chi connectivity index (χ1n) is 10.5. The maximum absolute atomic E-state index is 13.1. The molecule has 2 atom stereocenters. The lowest BCUT2D eigenvalue weighted by atomic mass is 9.95. The number of rotatable bonds is 6. The molecule has 2 aliphatic rings. The maximum Gasteiger partial charge on any atom is 0.295 e. The van der Waals surface area contributed by atoms with Crippen molar-refractivity contribution in [1.29, 1.82) is 0 Å². The zero-order valence-corrected chi connectivity index (χ0v) is 19.0. The molecule has 0 saturated carbocycles. The van der Waals surface area contributed by atoms with Gasteiger partial charge in [0.25, 0.3) is 11.7 Å². The summed E-state index contributed by atoms with van der Waals surface area (Å²) in [6, 6.07) is 10.9. The number of ether oxygens (including phenoxy) is 2. The molecule has 2 unspecified atom stereocenters. The highest BCUT2D eigenvalue weighted by Gasteiger charge is 2.47. The van der Waals surface area contributed by atoms with Crippen molar-refractivity contribution in [3.8, 4) is 5.75 Å². The molecule has 0 aliphatic carbocycles. The number of hydrogen-bond acceptors (Lipinski definition) is 5. The molecule has 1 N–H and O–H groups in total. The number of aliphatic hydroxyl groups excluding tert-OH is 1. The van der Waals surface area contributed by atoms with Gasteiger partial charge in [-0.05, 0) is 55.7 Å². The van der Waals surface area contributed by atoms with Crippen molar-refractivity contribution < 1.29 is 24.2 Å². The minimum atomic E-state index is -0.789. The van der Waals surface area contributed by atoms with Gasteiger partial charge in [-0.15, -0.1) is 0 Å². The maximum atomic E-state index is 13.1. The molecule has 0 aromatic heterocycles. The van der Waals surface area contributed by atoms with Crippen LogP contribution in [-0.4, -0.2) is 47.6 Å². The Morgan fingerprint density at radius 1 is 1.19 bits per heavy atom. The van der Waals surface area contributed by atoms with E-state index >= 15 is 0 Å². The van der Waals surface area contributed by atoms with Gasteiger partial charge in [0, 0.05) is 23.7 Å². The molecular formula is C24H23Cl2NO5. The fourth-order valence-electron chi connectivity index (χ4n) is 4.16. The Hall–Kier alpha value is -2.54. The normalized spacial score (nSPS) is 22.5. The van der Waals surface area contributed by atoms with E-state index < -0.39 is 17.7 Å². The number of Topliss-reactive ketones (excluding diaryl/α,β-unsaturated/α-hetero) is 1. The van der Waals surface area contributed by atoms with Crippen LogP contribution in [0.15, 0.2) is 48.0 Å². The van der Waals surface area contributed by atoms with Crippen molar-refractivity contribution >= 4 is 40.7 Å². The third kappa shape index (κ3) is 4.35. The van der Waals surface area contributed by atoms with Gasteiger partial charge in [-0.2, -0.15) is 0 Å². The number of ketones is 1. The zero-order valence-electron chi connectivity index (χ0n) is 17.5. The van der Waals surface area contributed by atoms with Gasteiger partial charge in [0.1, 0.15) is 11.5 Å². The summed E-state index contributed by atoms with van der Waals surface area (Å²) in [6.07, 6.45) is 1.55. The molecule has 32 heavy (non-hydrogen) atoms. The molecule has 2 aliphatic heterocycles. The smallest absolute Gasteiger partial charge is 0.295 e. The predicted molar refractivity (Wildman–Crippen MR) is 122 cm³/mol. The fraction of sp³-hybridized carbons (Fsp3) is 0.333. The van der Waals surface area contributed by atoms with Gasteiger partial charge in [0.05, 0.1) is 29.3 Å². The quantitative estimate of drug-likeness (QED) is 0.361. The molecule has 0 bridgehead atoms. The number of carbonyl (C=O) groups excluding carboxylic acids is 2. The molecule has 6 nitrogen and oxygen atoms in total. The second kappa shape index (κ2) is 9.53. The van der Waals surface area contributed by atoms with Crippen molar-refractivity contribution in [1.82, 2.24) is 4.90 Å². The first-order valence-corrected chi connectivity index (χ1v) is 11.2. The molecule has 2 aromatic rings. The number of aliphatic hydroxyl groups is 1. The summed E-state index contributed by atoms with van der Waals surface area (Å²) in [5.41, 5.74) is 0.864. The highest BCUT2D eigenvalue weighted by Crippen LogP contribution is 2.41. The fourth-order valence-corrected chi connectivity index (χ4v) is 4.49. The predicted octanol–water partition coefficient (Wildman–Crippen LogP) is 4.99. The third-order valence-electron chi connectivity index (χ3n) is 5.65. The zero-order chi connectivity index (χ0) is 22.8. The highest BCUT2D eigenvalue weighted by atomic mass is 35.5. The molecular weight excluding hydrogens is 453 g/mol. The summed E-state index contributed by atoms with van der Waals surface area (Å²) in [6.45, 7) is 3.14. The Morgan fingerprint density at radius 3 is 2.59 bits per heavy atom. The van der Waals surface area contributed by atoms with E-state index in [1.54, 1.807) is 42.5 Å². The number of halogens is 2. The van der Waals surface area contributed by atoms with Crippen LogP contribution in [0.25, 0.3) is 5.76 Å². The Morgan fingerprint density at radius 2 is 1.94 bits per heavy atom. The Labute approximate surface area is 196 Å². The van der Waals surface area contributed by atoms with Crippen LogP contribution in [0.2, 0.25) is 10.0 Å². The lowest BCUT2D eigenvalue weighted by Gasteiger charge is -2.27. The van der Waals surface area contributed by atoms with Crippen molar-refractivity contribution in [2.24, 2.45) is 0 Å². The van der Waals surface area contributed by atoms with Gasteiger partial charge < -0.3 is 19.5 Å². The molecule has 0 spiro atoms. The number of likely N-dealkylation sites (tertiary alicyclic amines) is 1. The second-order valence-corrected chi connectivity index (χ2v) is 8.56. The van der Waals surface area contributed by atoms with Crippen LogP contribution < -0.4 is 4.74 Å². The Kier molecular flexibility index (Phi) is 6.74. The third-order valence-corrected chi connectivity index (χ3v) is 6.24. The number of nitrogens with zero attached hydrogens (tertiary/aromatic N) is 1. The first-order chi connectivity index (χ1) is 15.4. The SMILES string of the molecule is CCOc1ccc(Cl)c(/C(O)=C2\C(=O)C(=O)N(CC3CCCO3)C2c2ccc(Cl)cc2)c1. The summed E-state index contributed by atoms with van der Waals surface area (Å²) < 4.78 is 11.2. The number of carbonyl (C=O) groups is 2. The average Bonchev–Trinajstić information content (AvgIpc) is 3.38. The number of benzene rings is 2. The van der Waals surface area contributed by atoms with E-state index in [1.807, 2.05) is 6.92 Å². The summed E-state index contributed by atoms with van der Waals surface area (Å²) in [5, 5.41) is 12.0. The Balaban J connectivity index is 1.84. The first kappa shape index (κ1) is 22.6. The average molecular weight is 476 g/mol. The van der Waals surface area contributed by atoms with Crippen LogP contribution in [0.1, 0.15) is 36.9 Å². The van der Waals surface area contributed by atoms with Crippen molar-refractivity contribution in [2.45, 2.75) is 31.9 Å². The van der Waals surface area contributed by atoms with Crippen LogP contribution in [-0.2, 0) is 14.3 Å². The topological polar surface area (TPSA) is 76.1 Å². The summed E-state index contributed by atoms with van der Waals surface area (Å²) in [7, 11) is 0. The summed E-state index contributed by atoms with van der Waals surface area (Å²) in [5.74, 6) is -1.29. The minimum Gasteiger partial charge on any atom is -0.507 e. The van der Waals surface area contributed by atoms with Gasteiger partial charge in [-0.1, -0.05) is 35.3 Å². The van der Waals surface area contributed by atoms with Gasteiger partial charge in [0.15, 0.2) is 0 Å².